The van der Waals surface area contributed by atoms with E-state index in [9.17, 15) is 38.7 Å². The van der Waals surface area contributed by atoms with Gasteiger partial charge in [-0.2, -0.15) is 0 Å². The van der Waals surface area contributed by atoms with E-state index >= 15 is 0 Å². The van der Waals surface area contributed by atoms with Gasteiger partial charge in [0.15, 0.2) is 0 Å². The van der Waals surface area contributed by atoms with Crippen LogP contribution in [0.15, 0.2) is 0 Å². The number of aliphatic hydroxyl groups is 1. The van der Waals surface area contributed by atoms with Crippen LogP contribution in [-0.4, -0.2) is 92.8 Å². The van der Waals surface area contributed by atoms with Crippen LogP contribution in [0.3, 0.4) is 0 Å². The molecule has 5 atom stereocenters. The number of carbonyl (C=O) groups is 7. The highest BCUT2D eigenvalue weighted by atomic mass is 16.6. The van der Waals surface area contributed by atoms with E-state index in [1.165, 1.54) is 62.7 Å². The van der Waals surface area contributed by atoms with Crippen LogP contribution < -0.4 is 0 Å². The molecule has 0 aromatic heterocycles. The number of amides is 2. The van der Waals surface area contributed by atoms with E-state index in [0.29, 0.717) is 55.5 Å². The number of carbonyl (C=O) groups excluding carboxylic acids is 7. The van der Waals surface area contributed by atoms with Crippen LogP contribution in [0.4, 0.5) is 0 Å². The summed E-state index contributed by atoms with van der Waals surface area (Å²) in [6, 6.07) is 0.232. The molecule has 0 radical (unpaired) electrons. The fraction of sp³-hybridized carbons (Fsp3) is 0.914. The second-order valence-electron chi connectivity index (χ2n) is 32.1. The summed E-state index contributed by atoms with van der Waals surface area (Å²) < 4.78 is 28.0. The van der Waals surface area contributed by atoms with Crippen molar-refractivity contribution in [3.05, 3.63) is 0 Å². The fourth-order valence-corrected chi connectivity index (χ4v) is 16.1. The van der Waals surface area contributed by atoms with Gasteiger partial charge in [0.05, 0.1) is 45.8 Å². The van der Waals surface area contributed by atoms with Gasteiger partial charge in [0, 0.05) is 18.3 Å². The van der Waals surface area contributed by atoms with Crippen LogP contribution >= 0.6 is 0 Å². The van der Waals surface area contributed by atoms with Crippen LogP contribution in [-0.2, 0) is 57.2 Å². The van der Waals surface area contributed by atoms with Gasteiger partial charge in [-0.15, -0.1) is 0 Å². The smallest absolute Gasteiger partial charge is 0.347 e. The van der Waals surface area contributed by atoms with Crippen molar-refractivity contribution in [2.45, 2.75) is 400 Å². The molecule has 1 N–H and O–H groups in total. The molecule has 95 heavy (non-hydrogen) atoms. The summed E-state index contributed by atoms with van der Waals surface area (Å²) in [5.41, 5.74) is -3.24. The average molecular weight is 1360 g/mol. The minimum absolute atomic E-state index is 0. The number of hydrogen-bond acceptors (Lipinski definition) is 13. The second kappa shape index (κ2) is 38.9. The first-order chi connectivity index (χ1) is 39.5. The highest BCUT2D eigenvalue weighted by Gasteiger charge is 2.62. The number of fused-ring (bicyclic) bond motifs is 1. The van der Waals surface area contributed by atoms with Crippen LogP contribution in [0.5, 0.6) is 0 Å². The highest BCUT2D eigenvalue weighted by Crippen LogP contribution is 2.63. The summed E-state index contributed by atoms with van der Waals surface area (Å²) >= 11 is 0. The number of imide groups is 1. The Kier molecular flexibility index (Phi) is 41.0. The Morgan fingerprint density at radius 2 is 0.926 bits per heavy atom. The van der Waals surface area contributed by atoms with Crippen molar-refractivity contribution >= 4 is 41.7 Å². The molecule has 12 aliphatic rings. The molecule has 566 valence electrons. The number of ether oxygens (including phenoxy) is 5. The molecule has 12 fully saturated rings. The van der Waals surface area contributed by atoms with Gasteiger partial charge in [-0.25, -0.2) is 4.79 Å². The monoisotopic (exact) mass is 1350 g/mol. The van der Waals surface area contributed by atoms with Gasteiger partial charge in [0.2, 0.25) is 17.9 Å². The number of β-lactam (4-membered cyclic amide) rings is 1. The molecule has 14 heteroatoms. The van der Waals surface area contributed by atoms with Crippen molar-refractivity contribution < 1.29 is 62.4 Å². The molecule has 2 saturated heterocycles. The first-order valence-corrected chi connectivity index (χ1v) is 34.1. The van der Waals surface area contributed by atoms with E-state index in [1.807, 2.05) is 83.1 Å². The Morgan fingerprint density at radius 3 is 1.32 bits per heavy atom. The maximum atomic E-state index is 12.8. The Hall–Kier alpha value is -3.55. The van der Waals surface area contributed by atoms with Gasteiger partial charge in [-0.05, 0) is 238 Å². The number of hydrogen-bond donors (Lipinski definition) is 1. The molecule has 8 bridgehead atoms. The summed E-state index contributed by atoms with van der Waals surface area (Å²) in [4.78, 5) is 85.3. The van der Waals surface area contributed by atoms with Gasteiger partial charge in [-0.3, -0.25) is 33.7 Å². The van der Waals surface area contributed by atoms with E-state index in [1.54, 1.807) is 13.8 Å². The number of esters is 5. The minimum Gasteiger partial charge on any atom is -0.463 e. The molecule has 0 aromatic carbocycles. The van der Waals surface area contributed by atoms with Gasteiger partial charge in [0.25, 0.3) is 0 Å². The summed E-state index contributed by atoms with van der Waals surface area (Å²) in [6.45, 7) is 36.4. The SMILES string of the molecule is C.C.C.C.C.C.C.C.C.C.CCC(C)(C)C(=O)N1C(=O)C2CCCC21.CCC(C)(C)C(=O)OC1(C(C)C)C2CC3CC(C2)CC1C3.CCC(C)(C)C(=O)OC12CC3CC(CC(O)(C3)C1)C2.CCC(C)(C)C(=O)OC1CCOC1=O.CCC1(OC(=O)C(C)(C)CC)CCCCC1. The highest BCUT2D eigenvalue weighted by molar-refractivity contribution is 6.04. The Balaban J connectivity index is -0.000000349. The van der Waals surface area contributed by atoms with Crippen LogP contribution in [0.2, 0.25) is 0 Å². The van der Waals surface area contributed by atoms with Crippen molar-refractivity contribution in [1.82, 2.24) is 4.90 Å². The van der Waals surface area contributed by atoms with Crippen LogP contribution in [0.25, 0.3) is 0 Å². The van der Waals surface area contributed by atoms with E-state index in [-0.39, 0.29) is 155 Å². The zero-order valence-electron chi connectivity index (χ0n) is 56.7. The van der Waals surface area contributed by atoms with Crippen molar-refractivity contribution in [2.24, 2.45) is 74.4 Å². The first kappa shape index (κ1) is 100. The molecule has 10 aliphatic carbocycles. The van der Waals surface area contributed by atoms with E-state index in [2.05, 4.69) is 27.7 Å². The zero-order chi connectivity index (χ0) is 63.5. The van der Waals surface area contributed by atoms with E-state index < -0.39 is 28.5 Å². The Morgan fingerprint density at radius 1 is 0.516 bits per heavy atom. The van der Waals surface area contributed by atoms with Crippen molar-refractivity contribution in [2.75, 3.05) is 6.61 Å². The summed E-state index contributed by atoms with van der Waals surface area (Å²) in [5, 5.41) is 10.6. The maximum absolute atomic E-state index is 12.8. The number of nitrogens with zero attached hydrogens (tertiary/aromatic N) is 1. The predicted molar refractivity (Wildman–Crippen MR) is 397 cm³/mol. The Labute approximate surface area is 587 Å². The van der Waals surface area contributed by atoms with E-state index in [4.69, 9.17) is 23.7 Å². The largest absolute Gasteiger partial charge is 0.463 e. The predicted octanol–water partition coefficient (Wildman–Crippen LogP) is 21.5. The van der Waals surface area contributed by atoms with Gasteiger partial charge < -0.3 is 28.8 Å². The van der Waals surface area contributed by atoms with Gasteiger partial charge in [-0.1, -0.05) is 156 Å². The fourth-order valence-electron chi connectivity index (χ4n) is 16.1. The van der Waals surface area contributed by atoms with Gasteiger partial charge >= 0.3 is 29.8 Å². The molecule has 0 aromatic rings. The maximum Gasteiger partial charge on any atom is 0.347 e. The number of rotatable bonds is 16. The molecule has 12 rings (SSSR count). The molecule has 2 heterocycles. The van der Waals surface area contributed by atoms with Crippen molar-refractivity contribution in [1.29, 1.82) is 0 Å². The molecule has 2 amide bonds. The second-order valence-corrected chi connectivity index (χ2v) is 32.1. The lowest BCUT2D eigenvalue weighted by Crippen LogP contribution is -2.63. The van der Waals surface area contributed by atoms with Crippen molar-refractivity contribution in [3.8, 4) is 0 Å². The number of cyclic esters (lactones) is 1. The Bertz CT molecular complexity index is 2320. The van der Waals surface area contributed by atoms with Gasteiger partial charge in [0.1, 0.15) is 16.8 Å². The third kappa shape index (κ3) is 22.5. The van der Waals surface area contributed by atoms with Crippen LogP contribution in [0.1, 0.15) is 366 Å². The van der Waals surface area contributed by atoms with Crippen molar-refractivity contribution in [3.63, 3.8) is 0 Å². The summed E-state index contributed by atoms with van der Waals surface area (Å²) in [7, 11) is 0. The quantitative estimate of drug-likeness (QED) is 0.0874. The number of likely N-dealkylation sites (tertiary alicyclic amines) is 1. The third-order valence-electron chi connectivity index (χ3n) is 23.5. The zero-order valence-corrected chi connectivity index (χ0v) is 56.7. The molecular weight excluding hydrogens is 1190 g/mol. The summed E-state index contributed by atoms with van der Waals surface area (Å²) in [5.74, 6) is 4.06. The lowest BCUT2D eigenvalue weighted by molar-refractivity contribution is -0.231. The first-order valence-electron chi connectivity index (χ1n) is 34.1. The molecule has 10 saturated carbocycles. The normalized spacial score (nSPS) is 29.5. The lowest BCUT2D eigenvalue weighted by atomic mass is 9.47. The summed E-state index contributed by atoms with van der Waals surface area (Å²) in [6.07, 6.45) is 25.9. The van der Waals surface area contributed by atoms with Crippen LogP contribution in [0, 0.1) is 74.4 Å². The minimum atomic E-state index is -0.687. The van der Waals surface area contributed by atoms with E-state index in [0.717, 1.165) is 102 Å². The standard InChI is InChI=1S/C19H32O2.C16H26O3.C14H26O2.C12H19NO2.C10H16O4.10CH4/c1-6-18(4,5)17(20)21-19(12(2)3)15-8-13-7-14(10-15)11-16(19)9-13;1-4-14(2,3)13(17)19-16-8-11-5-12(9-16)7-15(18,6-11)10-16;1-5-13(3,4)12(15)16-14(6-2)10-8-7-9-11-14;1-4-12(2,3)11(15)13-9-7-5-6-8(9)10(13)14;1-4-10(2,3)9(12)14-7-5-6-13-8(7)11;;;;;;;;;;/h12-16H,6-11H2,1-5H3;11-12,18H,4-10H2,1-3H3;5-11H2,1-4H3;8-9H,4-7H2,1-3H3;7H,4-6H2,1-3H3;10*1H4. The molecular formula is C81H159NO13. The molecule has 2 aliphatic heterocycles. The molecule has 5 unspecified atom stereocenters. The molecule has 0 spiro atoms. The average Bonchev–Trinajstić information content (AvgIpc) is 1.19. The third-order valence-corrected chi connectivity index (χ3v) is 23.5. The topological polar surface area (TPSA) is 189 Å². The lowest BCUT2D eigenvalue weighted by Gasteiger charge is -2.62. The molecule has 14 nitrogen and oxygen atoms in total.